The summed E-state index contributed by atoms with van der Waals surface area (Å²) in [4.78, 5) is 18.4. The van der Waals surface area contributed by atoms with Crippen LogP contribution < -0.4 is 0 Å². The molecule has 0 atom stereocenters. The number of carbonyl (C=O) groups is 1. The summed E-state index contributed by atoms with van der Waals surface area (Å²) in [6.07, 6.45) is 0.279. The van der Waals surface area contributed by atoms with Crippen LogP contribution in [0.1, 0.15) is 16.3 Å². The van der Waals surface area contributed by atoms with Gasteiger partial charge in [0, 0.05) is 31.6 Å². The van der Waals surface area contributed by atoms with Crippen LogP contribution in [0.15, 0.2) is 35.7 Å². The zero-order chi connectivity index (χ0) is 17.9. The Kier molecular flexibility index (Phi) is 5.51. The quantitative estimate of drug-likeness (QED) is 0.792. The second-order valence-electron chi connectivity index (χ2n) is 6.06. The molecule has 1 aromatic heterocycles. The average Bonchev–Trinajstić information content (AvgIpc) is 3.00. The highest BCUT2D eigenvalue weighted by Crippen LogP contribution is 2.15. The zero-order valence-electron chi connectivity index (χ0n) is 14.1. The van der Waals surface area contributed by atoms with E-state index >= 15 is 0 Å². The molecule has 2 aromatic rings. The van der Waals surface area contributed by atoms with Crippen molar-refractivity contribution < 1.29 is 13.2 Å². The van der Waals surface area contributed by atoms with Gasteiger partial charge in [-0.05, 0) is 12.5 Å². The highest BCUT2D eigenvalue weighted by Gasteiger charge is 2.29. The number of carbonyl (C=O) groups excluding carboxylic acids is 1. The van der Waals surface area contributed by atoms with Crippen LogP contribution >= 0.6 is 11.3 Å². The lowest BCUT2D eigenvalue weighted by atomic mass is 10.2. The molecule has 3 rings (SSSR count). The smallest absolute Gasteiger partial charge is 0.228 e. The molecule has 0 saturated carbocycles. The second kappa shape index (κ2) is 7.63. The van der Waals surface area contributed by atoms with E-state index < -0.39 is 10.0 Å². The first-order valence-electron chi connectivity index (χ1n) is 8.14. The molecule has 8 heteroatoms. The lowest BCUT2D eigenvalue weighted by Crippen LogP contribution is -2.51. The van der Waals surface area contributed by atoms with Gasteiger partial charge < -0.3 is 4.90 Å². The summed E-state index contributed by atoms with van der Waals surface area (Å²) in [5.74, 6) is 0.00489. The Labute approximate surface area is 152 Å². The number of nitrogens with zero attached hydrogens (tertiary/aromatic N) is 3. The first kappa shape index (κ1) is 18.0. The third-order valence-electron chi connectivity index (χ3n) is 4.18. The summed E-state index contributed by atoms with van der Waals surface area (Å²) in [5.41, 5.74) is 1.56. The third kappa shape index (κ3) is 4.65. The Balaban J connectivity index is 1.55. The van der Waals surface area contributed by atoms with Crippen LogP contribution in [-0.2, 0) is 27.0 Å². The van der Waals surface area contributed by atoms with Crippen molar-refractivity contribution >= 4 is 27.3 Å². The van der Waals surface area contributed by atoms with Gasteiger partial charge >= 0.3 is 0 Å². The maximum Gasteiger partial charge on any atom is 0.228 e. The number of aromatic nitrogens is 1. The fourth-order valence-corrected chi connectivity index (χ4v) is 4.98. The van der Waals surface area contributed by atoms with E-state index in [1.165, 1.54) is 15.6 Å². The Hall–Kier alpha value is -1.77. The van der Waals surface area contributed by atoms with Gasteiger partial charge in [0.25, 0.3) is 0 Å². The topological polar surface area (TPSA) is 70.6 Å². The number of thiazole rings is 1. The van der Waals surface area contributed by atoms with Gasteiger partial charge in [-0.25, -0.2) is 13.4 Å². The molecule has 25 heavy (non-hydrogen) atoms. The molecule has 2 heterocycles. The number of amides is 1. The summed E-state index contributed by atoms with van der Waals surface area (Å²) in [7, 11) is -3.36. The predicted molar refractivity (Wildman–Crippen MR) is 97.8 cm³/mol. The van der Waals surface area contributed by atoms with Crippen LogP contribution in [0.2, 0.25) is 0 Å². The third-order valence-corrected chi connectivity index (χ3v) is 6.85. The lowest BCUT2D eigenvalue weighted by Gasteiger charge is -2.34. The van der Waals surface area contributed by atoms with Crippen molar-refractivity contribution in [2.45, 2.75) is 19.1 Å². The van der Waals surface area contributed by atoms with E-state index in [0.29, 0.717) is 26.2 Å². The van der Waals surface area contributed by atoms with Crippen molar-refractivity contribution in [3.8, 4) is 0 Å². The van der Waals surface area contributed by atoms with E-state index in [1.54, 1.807) is 4.90 Å². The molecular formula is C17H21N3O3S2. The van der Waals surface area contributed by atoms with Gasteiger partial charge in [-0.3, -0.25) is 4.79 Å². The van der Waals surface area contributed by atoms with Crippen molar-refractivity contribution in [2.24, 2.45) is 0 Å². The van der Waals surface area contributed by atoms with Crippen molar-refractivity contribution in [2.75, 3.05) is 26.2 Å². The molecule has 0 spiro atoms. The van der Waals surface area contributed by atoms with Gasteiger partial charge in [-0.1, -0.05) is 30.3 Å². The van der Waals surface area contributed by atoms with Crippen LogP contribution in [-0.4, -0.2) is 54.7 Å². The van der Waals surface area contributed by atoms with E-state index in [-0.39, 0.29) is 18.1 Å². The first-order chi connectivity index (χ1) is 11.9. The van der Waals surface area contributed by atoms with Crippen LogP contribution in [0.4, 0.5) is 0 Å². The SMILES string of the molecule is Cc1nc(CC(=O)N2CCN(S(=O)(=O)Cc3ccccc3)CC2)cs1. The van der Waals surface area contributed by atoms with E-state index in [9.17, 15) is 13.2 Å². The first-order valence-corrected chi connectivity index (χ1v) is 10.6. The number of benzene rings is 1. The number of sulfonamides is 1. The Morgan fingerprint density at radius 1 is 1.16 bits per heavy atom. The summed E-state index contributed by atoms with van der Waals surface area (Å²) in [6.45, 7) is 3.45. The number of hydrogen-bond donors (Lipinski definition) is 0. The van der Waals surface area contributed by atoms with E-state index in [0.717, 1.165) is 16.3 Å². The summed E-state index contributed by atoms with van der Waals surface area (Å²) in [5, 5.41) is 2.84. The minimum absolute atomic E-state index is 0.000112. The molecule has 134 valence electrons. The minimum Gasteiger partial charge on any atom is -0.340 e. The minimum atomic E-state index is -3.36. The predicted octanol–water partition coefficient (Wildman–Crippen LogP) is 1.67. The van der Waals surface area contributed by atoms with Gasteiger partial charge in [0.2, 0.25) is 15.9 Å². The summed E-state index contributed by atoms with van der Waals surface area (Å²) < 4.78 is 26.6. The largest absolute Gasteiger partial charge is 0.340 e. The van der Waals surface area contributed by atoms with Crippen LogP contribution in [0.25, 0.3) is 0 Å². The normalized spacial score (nSPS) is 16.1. The van der Waals surface area contributed by atoms with Crippen molar-refractivity contribution in [3.05, 3.63) is 52.0 Å². The fraction of sp³-hybridized carbons (Fsp3) is 0.412. The number of rotatable bonds is 5. The number of piperazine rings is 1. The average molecular weight is 380 g/mol. The molecular weight excluding hydrogens is 358 g/mol. The number of hydrogen-bond acceptors (Lipinski definition) is 5. The van der Waals surface area contributed by atoms with Crippen LogP contribution in [0.3, 0.4) is 0 Å². The molecule has 0 aliphatic carbocycles. The zero-order valence-corrected chi connectivity index (χ0v) is 15.7. The maximum absolute atomic E-state index is 12.5. The van der Waals surface area contributed by atoms with E-state index in [2.05, 4.69) is 4.98 Å². The molecule has 1 saturated heterocycles. The highest BCUT2D eigenvalue weighted by molar-refractivity contribution is 7.88. The monoisotopic (exact) mass is 379 g/mol. The maximum atomic E-state index is 12.5. The standard InChI is InChI=1S/C17H21N3O3S2/c1-14-18-16(12-24-14)11-17(21)19-7-9-20(10-8-19)25(22,23)13-15-5-3-2-4-6-15/h2-6,12H,7-11,13H2,1H3. The van der Waals surface area contributed by atoms with E-state index in [1.807, 2.05) is 42.6 Å². The van der Waals surface area contributed by atoms with Gasteiger partial charge in [0.15, 0.2) is 0 Å². The molecule has 0 unspecified atom stereocenters. The molecule has 6 nitrogen and oxygen atoms in total. The Bertz CT molecular complexity index is 826. The van der Waals surface area contributed by atoms with Crippen molar-refractivity contribution in [1.29, 1.82) is 0 Å². The molecule has 1 aliphatic heterocycles. The molecule has 0 bridgehead atoms. The highest BCUT2D eigenvalue weighted by atomic mass is 32.2. The van der Waals surface area contributed by atoms with E-state index in [4.69, 9.17) is 0 Å². The van der Waals surface area contributed by atoms with Crippen molar-refractivity contribution in [1.82, 2.24) is 14.2 Å². The van der Waals surface area contributed by atoms with Gasteiger partial charge in [-0.15, -0.1) is 11.3 Å². The molecule has 0 N–H and O–H groups in total. The molecule has 1 aliphatic rings. The molecule has 1 amide bonds. The van der Waals surface area contributed by atoms with Gasteiger partial charge in [0.1, 0.15) is 0 Å². The van der Waals surface area contributed by atoms with Gasteiger partial charge in [0.05, 0.1) is 22.9 Å². The summed E-state index contributed by atoms with van der Waals surface area (Å²) >= 11 is 1.53. The fourth-order valence-electron chi connectivity index (χ4n) is 2.85. The number of aryl methyl sites for hydroxylation is 1. The molecule has 1 fully saturated rings. The van der Waals surface area contributed by atoms with Crippen molar-refractivity contribution in [3.63, 3.8) is 0 Å². The Morgan fingerprint density at radius 3 is 2.44 bits per heavy atom. The molecule has 1 aromatic carbocycles. The van der Waals surface area contributed by atoms with Gasteiger partial charge in [-0.2, -0.15) is 4.31 Å². The Morgan fingerprint density at radius 2 is 1.84 bits per heavy atom. The van der Waals surface area contributed by atoms with Crippen LogP contribution in [0.5, 0.6) is 0 Å². The molecule has 0 radical (unpaired) electrons. The lowest BCUT2D eigenvalue weighted by molar-refractivity contribution is -0.131. The summed E-state index contributed by atoms with van der Waals surface area (Å²) in [6, 6.07) is 9.16. The van der Waals surface area contributed by atoms with Crippen LogP contribution in [0, 0.1) is 6.92 Å². The second-order valence-corrected chi connectivity index (χ2v) is 9.09.